The van der Waals surface area contributed by atoms with Crippen LogP contribution < -0.4 is 10.6 Å². The highest BCUT2D eigenvalue weighted by molar-refractivity contribution is 5.74. The summed E-state index contributed by atoms with van der Waals surface area (Å²) in [7, 11) is 0. The second-order valence-corrected chi connectivity index (χ2v) is 9.00. The minimum atomic E-state index is -0.107. The van der Waals surface area contributed by atoms with Crippen LogP contribution in [0.15, 0.2) is 66.9 Å². The maximum atomic E-state index is 12.5. The molecule has 0 bridgehead atoms. The van der Waals surface area contributed by atoms with Crippen LogP contribution >= 0.6 is 0 Å². The highest BCUT2D eigenvalue weighted by Gasteiger charge is 2.34. The molecule has 0 radical (unpaired) electrons. The van der Waals surface area contributed by atoms with Crippen molar-refractivity contribution in [3.8, 4) is 11.3 Å². The predicted molar refractivity (Wildman–Crippen MR) is 126 cm³/mol. The van der Waals surface area contributed by atoms with Gasteiger partial charge in [-0.2, -0.15) is 5.10 Å². The Balaban J connectivity index is 1.20. The molecule has 2 N–H and O–H groups in total. The van der Waals surface area contributed by atoms with Gasteiger partial charge in [0.25, 0.3) is 0 Å². The summed E-state index contributed by atoms with van der Waals surface area (Å²) in [5.74, 6) is 0.565. The zero-order valence-electron chi connectivity index (χ0n) is 18.4. The van der Waals surface area contributed by atoms with Crippen molar-refractivity contribution < 1.29 is 4.79 Å². The van der Waals surface area contributed by atoms with E-state index in [0.717, 1.165) is 36.0 Å². The number of aromatic nitrogens is 2. The molecule has 2 aliphatic rings. The lowest BCUT2D eigenvalue weighted by atomic mass is 10.1. The molecule has 166 valence electrons. The lowest BCUT2D eigenvalue weighted by Gasteiger charge is -2.15. The van der Waals surface area contributed by atoms with Gasteiger partial charge < -0.3 is 15.5 Å². The lowest BCUT2D eigenvalue weighted by molar-refractivity contribution is 0.238. The molecule has 32 heavy (non-hydrogen) atoms. The van der Waals surface area contributed by atoms with E-state index in [2.05, 4.69) is 39.8 Å². The Morgan fingerprint density at radius 3 is 2.47 bits per heavy atom. The van der Waals surface area contributed by atoms with Crippen molar-refractivity contribution in [3.63, 3.8) is 0 Å². The average Bonchev–Trinajstić information content (AvgIpc) is 3.43. The summed E-state index contributed by atoms with van der Waals surface area (Å²) in [5, 5.41) is 10.9. The minimum absolute atomic E-state index is 0.107. The molecule has 1 saturated heterocycles. The SMILES string of the molecule is O=C(NCc1cn(Cc2ccccc2)nc1-c1ccccc1)NCC1CCN(C2CC2)C1. The molecule has 0 spiro atoms. The normalized spacial score (nSPS) is 18.6. The number of likely N-dealkylation sites (tertiary alicyclic amines) is 1. The van der Waals surface area contributed by atoms with Gasteiger partial charge in [0.05, 0.1) is 12.2 Å². The zero-order valence-corrected chi connectivity index (χ0v) is 18.4. The predicted octanol–water partition coefficient (Wildman–Crippen LogP) is 3.88. The van der Waals surface area contributed by atoms with Gasteiger partial charge >= 0.3 is 6.03 Å². The molecule has 2 amide bonds. The first kappa shape index (κ1) is 20.8. The molecule has 1 atom stereocenters. The van der Waals surface area contributed by atoms with Gasteiger partial charge in [-0.3, -0.25) is 4.68 Å². The van der Waals surface area contributed by atoms with E-state index in [0.29, 0.717) is 19.0 Å². The molecule has 1 unspecified atom stereocenters. The van der Waals surface area contributed by atoms with Gasteiger partial charge in [-0.25, -0.2) is 4.79 Å². The van der Waals surface area contributed by atoms with Crippen LogP contribution in [0, 0.1) is 5.92 Å². The number of nitrogens with one attached hydrogen (secondary N) is 2. The van der Waals surface area contributed by atoms with E-state index in [1.807, 2.05) is 47.3 Å². The summed E-state index contributed by atoms with van der Waals surface area (Å²) in [5.41, 5.74) is 4.19. The van der Waals surface area contributed by atoms with Crippen molar-refractivity contribution in [2.45, 2.75) is 38.4 Å². The Morgan fingerprint density at radius 1 is 0.969 bits per heavy atom. The fraction of sp³-hybridized carbons (Fsp3) is 0.385. The summed E-state index contributed by atoms with van der Waals surface area (Å²) in [6.45, 7) is 4.19. The van der Waals surface area contributed by atoms with E-state index in [4.69, 9.17) is 5.10 Å². The summed E-state index contributed by atoms with van der Waals surface area (Å²) < 4.78 is 1.96. The molecule has 5 rings (SSSR count). The van der Waals surface area contributed by atoms with Crippen LogP contribution in [-0.2, 0) is 13.1 Å². The monoisotopic (exact) mass is 429 g/mol. The minimum Gasteiger partial charge on any atom is -0.338 e. The van der Waals surface area contributed by atoms with E-state index >= 15 is 0 Å². The highest BCUT2D eigenvalue weighted by Crippen LogP contribution is 2.31. The number of hydrogen-bond donors (Lipinski definition) is 2. The average molecular weight is 430 g/mol. The summed E-state index contributed by atoms with van der Waals surface area (Å²) in [6, 6.07) is 21.2. The first-order valence-corrected chi connectivity index (χ1v) is 11.7. The standard InChI is InChI=1S/C26H31N5O/c32-26(27-15-21-13-14-30(17-21)24-11-12-24)28-16-23-19-31(18-20-7-3-1-4-8-20)29-25(23)22-9-5-2-6-10-22/h1-10,19,21,24H,11-18H2,(H2,27,28,32). The molecule has 1 aromatic heterocycles. The molecule has 2 fully saturated rings. The first-order valence-electron chi connectivity index (χ1n) is 11.7. The number of carbonyl (C=O) groups excluding carboxylic acids is 1. The number of carbonyl (C=O) groups is 1. The van der Waals surface area contributed by atoms with Gasteiger partial charge in [-0.15, -0.1) is 0 Å². The number of urea groups is 1. The topological polar surface area (TPSA) is 62.2 Å². The Kier molecular flexibility index (Phi) is 6.21. The molecule has 2 aromatic carbocycles. The smallest absolute Gasteiger partial charge is 0.315 e. The van der Waals surface area contributed by atoms with Crippen molar-refractivity contribution >= 4 is 6.03 Å². The number of amides is 2. The molecule has 1 saturated carbocycles. The van der Waals surface area contributed by atoms with E-state index in [9.17, 15) is 4.79 Å². The van der Waals surface area contributed by atoms with Crippen LogP contribution in [0.3, 0.4) is 0 Å². The van der Waals surface area contributed by atoms with E-state index in [1.54, 1.807) is 0 Å². The fourth-order valence-corrected chi connectivity index (χ4v) is 4.56. The molecule has 2 heterocycles. The van der Waals surface area contributed by atoms with Crippen molar-refractivity contribution in [1.29, 1.82) is 0 Å². The molecule has 1 aliphatic carbocycles. The van der Waals surface area contributed by atoms with Gasteiger partial charge in [0.2, 0.25) is 0 Å². The Bertz CT molecular complexity index is 1030. The van der Waals surface area contributed by atoms with Crippen molar-refractivity contribution in [3.05, 3.63) is 78.0 Å². The van der Waals surface area contributed by atoms with Gasteiger partial charge in [0, 0.05) is 43.0 Å². The summed E-state index contributed by atoms with van der Waals surface area (Å²) in [4.78, 5) is 15.1. The number of benzene rings is 2. The van der Waals surface area contributed by atoms with E-state index < -0.39 is 0 Å². The Hall–Kier alpha value is -3.12. The third kappa shape index (κ3) is 5.19. The molecular formula is C26H31N5O. The highest BCUT2D eigenvalue weighted by atomic mass is 16.2. The van der Waals surface area contributed by atoms with Gasteiger partial charge in [-0.1, -0.05) is 60.7 Å². The van der Waals surface area contributed by atoms with E-state index in [1.165, 1.54) is 31.4 Å². The third-order valence-electron chi connectivity index (χ3n) is 6.44. The molecule has 6 heteroatoms. The zero-order chi connectivity index (χ0) is 21.8. The lowest BCUT2D eigenvalue weighted by Crippen LogP contribution is -2.38. The van der Waals surface area contributed by atoms with Crippen LogP contribution in [0.25, 0.3) is 11.3 Å². The second-order valence-electron chi connectivity index (χ2n) is 9.00. The van der Waals surface area contributed by atoms with Gasteiger partial charge in [0.1, 0.15) is 0 Å². The molecule has 6 nitrogen and oxygen atoms in total. The van der Waals surface area contributed by atoms with Crippen molar-refractivity contribution in [2.24, 2.45) is 5.92 Å². The maximum Gasteiger partial charge on any atom is 0.315 e. The summed E-state index contributed by atoms with van der Waals surface area (Å²) >= 11 is 0. The van der Waals surface area contributed by atoms with Crippen LogP contribution in [0.2, 0.25) is 0 Å². The van der Waals surface area contributed by atoms with Crippen molar-refractivity contribution in [1.82, 2.24) is 25.3 Å². The van der Waals surface area contributed by atoms with Crippen molar-refractivity contribution in [2.75, 3.05) is 19.6 Å². The Labute approximate surface area is 189 Å². The van der Waals surface area contributed by atoms with Gasteiger partial charge in [-0.05, 0) is 37.3 Å². The number of hydrogen-bond acceptors (Lipinski definition) is 3. The Morgan fingerprint density at radius 2 is 1.72 bits per heavy atom. The largest absolute Gasteiger partial charge is 0.338 e. The van der Waals surface area contributed by atoms with Gasteiger partial charge in [0.15, 0.2) is 0 Å². The maximum absolute atomic E-state index is 12.5. The molecule has 1 aliphatic heterocycles. The quantitative estimate of drug-likeness (QED) is 0.571. The summed E-state index contributed by atoms with van der Waals surface area (Å²) in [6.07, 6.45) is 5.92. The molecule has 3 aromatic rings. The van der Waals surface area contributed by atoms with Crippen LogP contribution in [0.4, 0.5) is 4.79 Å². The fourth-order valence-electron chi connectivity index (χ4n) is 4.56. The number of rotatable bonds is 8. The van der Waals surface area contributed by atoms with Crippen LogP contribution in [0.1, 0.15) is 30.4 Å². The second kappa shape index (κ2) is 9.57. The molecular weight excluding hydrogens is 398 g/mol. The van der Waals surface area contributed by atoms with Crippen LogP contribution in [-0.4, -0.2) is 46.4 Å². The first-order chi connectivity index (χ1) is 15.7. The number of nitrogens with zero attached hydrogens (tertiary/aromatic N) is 3. The third-order valence-corrected chi connectivity index (χ3v) is 6.44. The van der Waals surface area contributed by atoms with Crippen LogP contribution in [0.5, 0.6) is 0 Å². The van der Waals surface area contributed by atoms with E-state index in [-0.39, 0.29) is 6.03 Å².